The normalized spacial score (nSPS) is 22.9. The Hall–Kier alpha value is -2.62. The number of hydrogen-bond acceptors (Lipinski definition) is 8. The van der Waals surface area contributed by atoms with Crippen molar-refractivity contribution in [3.8, 4) is 0 Å². The number of hydrogen-bond donors (Lipinski definition) is 1. The standard InChI is InChI=1S/C14H18N2O8/c1-7-5-16(13(19)15-11(7)18)12-10(23-8(2)17)4-9(24-12)6-22-14(20)21-3/h5,9-10,12H,4,6H2,1-3H3,(H,15,18,19)/t9-,10+,12+/m0/s1. The minimum atomic E-state index is -0.941. The van der Waals surface area contributed by atoms with Crippen molar-refractivity contribution in [1.82, 2.24) is 9.55 Å². The summed E-state index contributed by atoms with van der Waals surface area (Å²) >= 11 is 0. The molecule has 24 heavy (non-hydrogen) atoms. The van der Waals surface area contributed by atoms with Crippen molar-refractivity contribution in [3.05, 3.63) is 32.6 Å². The van der Waals surface area contributed by atoms with Gasteiger partial charge in [0.25, 0.3) is 5.56 Å². The first-order chi connectivity index (χ1) is 11.3. The predicted molar refractivity (Wildman–Crippen MR) is 78.5 cm³/mol. The van der Waals surface area contributed by atoms with Crippen LogP contribution in [0.3, 0.4) is 0 Å². The van der Waals surface area contributed by atoms with Crippen LogP contribution in [0.4, 0.5) is 4.79 Å². The smallest absolute Gasteiger partial charge is 0.458 e. The molecule has 10 nitrogen and oxygen atoms in total. The molecule has 132 valence electrons. The highest BCUT2D eigenvalue weighted by molar-refractivity contribution is 5.66. The van der Waals surface area contributed by atoms with Gasteiger partial charge in [0.2, 0.25) is 0 Å². The Labute approximate surface area is 136 Å². The van der Waals surface area contributed by atoms with Crippen LogP contribution in [0.5, 0.6) is 0 Å². The van der Waals surface area contributed by atoms with E-state index in [1.165, 1.54) is 27.2 Å². The van der Waals surface area contributed by atoms with Gasteiger partial charge in [-0.05, 0) is 6.92 Å². The summed E-state index contributed by atoms with van der Waals surface area (Å²) < 4.78 is 21.2. The highest BCUT2D eigenvalue weighted by atomic mass is 16.7. The summed E-state index contributed by atoms with van der Waals surface area (Å²) in [6.07, 6.45) is -1.64. The number of rotatable bonds is 4. The molecule has 1 aromatic rings. The summed E-state index contributed by atoms with van der Waals surface area (Å²) in [7, 11) is 1.17. The minimum absolute atomic E-state index is 0.127. The summed E-state index contributed by atoms with van der Waals surface area (Å²) in [4.78, 5) is 48.0. The maximum absolute atomic E-state index is 12.0. The van der Waals surface area contributed by atoms with E-state index in [1.807, 2.05) is 0 Å². The molecule has 3 atom stereocenters. The van der Waals surface area contributed by atoms with Gasteiger partial charge in [-0.25, -0.2) is 9.59 Å². The van der Waals surface area contributed by atoms with Gasteiger partial charge in [0.1, 0.15) is 12.7 Å². The van der Waals surface area contributed by atoms with Gasteiger partial charge >= 0.3 is 17.8 Å². The molecule has 2 heterocycles. The third-order valence-electron chi connectivity index (χ3n) is 3.44. The molecule has 0 unspecified atom stereocenters. The average molecular weight is 342 g/mol. The van der Waals surface area contributed by atoms with Crippen molar-refractivity contribution in [1.29, 1.82) is 0 Å². The average Bonchev–Trinajstić information content (AvgIpc) is 2.90. The van der Waals surface area contributed by atoms with Crippen LogP contribution in [0.15, 0.2) is 15.8 Å². The lowest BCUT2D eigenvalue weighted by molar-refractivity contribution is -0.152. The molecular formula is C14H18N2O8. The Morgan fingerprint density at radius 3 is 2.75 bits per heavy atom. The van der Waals surface area contributed by atoms with E-state index >= 15 is 0 Å². The SMILES string of the molecule is COC(=O)OC[C@@H]1C[C@@H](OC(C)=O)[C@H](n2cc(C)c(=O)[nH]c2=O)O1. The van der Waals surface area contributed by atoms with Gasteiger partial charge in [-0.2, -0.15) is 0 Å². The number of methoxy groups -OCH3 is 1. The monoisotopic (exact) mass is 342 g/mol. The summed E-state index contributed by atoms with van der Waals surface area (Å²) in [6, 6.07) is 0. The van der Waals surface area contributed by atoms with E-state index in [0.29, 0.717) is 5.56 Å². The molecule has 0 spiro atoms. The van der Waals surface area contributed by atoms with E-state index in [2.05, 4.69) is 9.72 Å². The van der Waals surface area contributed by atoms with E-state index in [9.17, 15) is 19.2 Å². The Kier molecular flexibility index (Phi) is 5.39. The first-order valence-electron chi connectivity index (χ1n) is 7.17. The molecule has 0 radical (unpaired) electrons. The summed E-state index contributed by atoms with van der Waals surface area (Å²) in [5, 5.41) is 0. The zero-order valence-electron chi connectivity index (χ0n) is 13.4. The number of carbonyl (C=O) groups excluding carboxylic acids is 2. The van der Waals surface area contributed by atoms with Crippen molar-refractivity contribution in [2.45, 2.75) is 38.7 Å². The molecule has 1 aromatic heterocycles. The summed E-state index contributed by atoms with van der Waals surface area (Å²) in [5.74, 6) is -0.544. The van der Waals surface area contributed by atoms with Gasteiger partial charge in [-0.15, -0.1) is 0 Å². The highest BCUT2D eigenvalue weighted by Crippen LogP contribution is 2.30. The van der Waals surface area contributed by atoms with Crippen LogP contribution < -0.4 is 11.2 Å². The van der Waals surface area contributed by atoms with Crippen LogP contribution in [0.2, 0.25) is 0 Å². The van der Waals surface area contributed by atoms with E-state index in [-0.39, 0.29) is 13.0 Å². The zero-order valence-corrected chi connectivity index (χ0v) is 13.4. The molecule has 0 aliphatic carbocycles. The molecule has 10 heteroatoms. The third kappa shape index (κ3) is 4.02. The second kappa shape index (κ2) is 7.30. The molecule has 1 aliphatic rings. The van der Waals surface area contributed by atoms with Crippen molar-refractivity contribution in [3.63, 3.8) is 0 Å². The maximum atomic E-state index is 12.0. The molecule has 0 amide bonds. The second-order valence-electron chi connectivity index (χ2n) is 5.28. The number of ether oxygens (including phenoxy) is 4. The van der Waals surface area contributed by atoms with Crippen LogP contribution >= 0.6 is 0 Å². The van der Waals surface area contributed by atoms with Crippen molar-refractivity contribution < 1.29 is 28.5 Å². The van der Waals surface area contributed by atoms with Crippen LogP contribution in [-0.2, 0) is 23.7 Å². The summed E-state index contributed by atoms with van der Waals surface area (Å²) in [5.41, 5.74) is -0.903. The van der Waals surface area contributed by atoms with Gasteiger partial charge in [0.05, 0.1) is 13.2 Å². The first kappa shape index (κ1) is 17.7. The Morgan fingerprint density at radius 2 is 2.12 bits per heavy atom. The lowest BCUT2D eigenvalue weighted by atomic mass is 10.2. The number of aromatic amines is 1. The van der Waals surface area contributed by atoms with Gasteiger partial charge in [0, 0.05) is 25.1 Å². The molecule has 1 saturated heterocycles. The molecule has 0 saturated carbocycles. The first-order valence-corrected chi connectivity index (χ1v) is 7.17. The van der Waals surface area contributed by atoms with Crippen molar-refractivity contribution >= 4 is 12.1 Å². The molecule has 0 aromatic carbocycles. The summed E-state index contributed by atoms with van der Waals surface area (Å²) in [6.45, 7) is 2.64. The Bertz CT molecular complexity index is 737. The molecule has 2 rings (SSSR count). The maximum Gasteiger partial charge on any atom is 0.508 e. The van der Waals surface area contributed by atoms with Crippen molar-refractivity contribution in [2.75, 3.05) is 13.7 Å². The fourth-order valence-corrected chi connectivity index (χ4v) is 2.38. The van der Waals surface area contributed by atoms with Gasteiger partial charge in [-0.3, -0.25) is 19.1 Å². The number of aryl methyl sites for hydroxylation is 1. The highest BCUT2D eigenvalue weighted by Gasteiger charge is 2.40. The van der Waals surface area contributed by atoms with Crippen LogP contribution in [-0.4, -0.2) is 47.6 Å². The number of esters is 1. The quantitative estimate of drug-likeness (QED) is 0.749. The number of carbonyl (C=O) groups is 2. The zero-order chi connectivity index (χ0) is 17.9. The Morgan fingerprint density at radius 1 is 1.42 bits per heavy atom. The third-order valence-corrected chi connectivity index (χ3v) is 3.44. The fourth-order valence-electron chi connectivity index (χ4n) is 2.38. The number of H-pyrrole nitrogens is 1. The number of nitrogens with one attached hydrogen (secondary N) is 1. The van der Waals surface area contributed by atoms with E-state index in [1.54, 1.807) is 0 Å². The molecule has 0 bridgehead atoms. The lowest BCUT2D eigenvalue weighted by Gasteiger charge is -2.20. The predicted octanol–water partition coefficient (Wildman–Crippen LogP) is -0.153. The second-order valence-corrected chi connectivity index (χ2v) is 5.28. The van der Waals surface area contributed by atoms with Gasteiger partial charge in [0.15, 0.2) is 6.23 Å². The van der Waals surface area contributed by atoms with Crippen LogP contribution in [0.25, 0.3) is 0 Å². The topological polar surface area (TPSA) is 126 Å². The molecule has 1 aliphatic heterocycles. The number of nitrogens with zero attached hydrogens (tertiary/aromatic N) is 1. The van der Waals surface area contributed by atoms with Crippen molar-refractivity contribution in [2.24, 2.45) is 0 Å². The largest absolute Gasteiger partial charge is 0.508 e. The van der Waals surface area contributed by atoms with Crippen LogP contribution in [0.1, 0.15) is 25.1 Å². The van der Waals surface area contributed by atoms with Crippen LogP contribution in [0, 0.1) is 6.92 Å². The Balaban J connectivity index is 2.23. The molecule has 1 N–H and O–H groups in total. The fraction of sp³-hybridized carbons (Fsp3) is 0.571. The van der Waals surface area contributed by atoms with E-state index in [0.717, 1.165) is 4.57 Å². The van der Waals surface area contributed by atoms with E-state index in [4.69, 9.17) is 14.2 Å². The lowest BCUT2D eigenvalue weighted by Crippen LogP contribution is -2.37. The number of aromatic nitrogens is 2. The van der Waals surface area contributed by atoms with Gasteiger partial charge in [-0.1, -0.05) is 0 Å². The molecule has 1 fully saturated rings. The van der Waals surface area contributed by atoms with E-state index < -0.39 is 41.8 Å². The minimum Gasteiger partial charge on any atom is -0.458 e. The molecular weight excluding hydrogens is 324 g/mol. The van der Waals surface area contributed by atoms with Gasteiger partial charge < -0.3 is 18.9 Å².